The Morgan fingerprint density at radius 2 is 2.00 bits per heavy atom. The van der Waals surface area contributed by atoms with Crippen LogP contribution in [0.3, 0.4) is 0 Å². The number of nitrogens with two attached hydrogens (primary N) is 1. The summed E-state index contributed by atoms with van der Waals surface area (Å²) in [5.74, 6) is 0. The molecule has 1 aromatic heterocycles. The van der Waals surface area contributed by atoms with Gasteiger partial charge in [0, 0.05) is 23.0 Å². The summed E-state index contributed by atoms with van der Waals surface area (Å²) in [5, 5.41) is 0. The maximum absolute atomic E-state index is 5.73. The van der Waals surface area contributed by atoms with Gasteiger partial charge in [0.1, 0.15) is 0 Å². The molecule has 15 heavy (non-hydrogen) atoms. The molecule has 2 aromatic rings. The van der Waals surface area contributed by atoms with Crippen LogP contribution in [0.5, 0.6) is 0 Å². The lowest BCUT2D eigenvalue weighted by Crippen LogP contribution is -1.95. The summed E-state index contributed by atoms with van der Waals surface area (Å²) in [6.45, 7) is 5.85. The van der Waals surface area contributed by atoms with Crippen LogP contribution in [0, 0.1) is 6.92 Å². The molecule has 1 heterocycles. The van der Waals surface area contributed by atoms with Gasteiger partial charge in [-0.1, -0.05) is 30.8 Å². The van der Waals surface area contributed by atoms with Gasteiger partial charge in [-0.3, -0.25) is 0 Å². The van der Waals surface area contributed by atoms with Crippen LogP contribution >= 0.6 is 0 Å². The van der Waals surface area contributed by atoms with Crippen molar-refractivity contribution in [3.63, 3.8) is 0 Å². The first-order chi connectivity index (χ1) is 7.20. The van der Waals surface area contributed by atoms with E-state index >= 15 is 0 Å². The monoisotopic (exact) mass is 198 g/mol. The first-order valence-corrected chi connectivity index (χ1v) is 4.88. The largest absolute Gasteiger partial charge is 0.399 e. The van der Waals surface area contributed by atoms with Crippen molar-refractivity contribution in [2.45, 2.75) is 6.92 Å². The fraction of sp³-hybridized carbons (Fsp3) is 0.0769. The molecule has 2 heteroatoms. The van der Waals surface area contributed by atoms with E-state index in [9.17, 15) is 0 Å². The molecule has 0 bridgehead atoms. The predicted octanol–water partition coefficient (Wildman–Crippen LogP) is 2.92. The average Bonchev–Trinajstić information content (AvgIpc) is 2.67. The Labute approximate surface area is 89.4 Å². The molecule has 0 spiro atoms. The van der Waals surface area contributed by atoms with E-state index in [2.05, 4.69) is 30.6 Å². The summed E-state index contributed by atoms with van der Waals surface area (Å²) in [6.07, 6.45) is 1.88. The number of aromatic nitrogens is 1. The van der Waals surface area contributed by atoms with Crippen molar-refractivity contribution in [3.8, 4) is 11.3 Å². The second-order valence-corrected chi connectivity index (χ2v) is 3.61. The Morgan fingerprint density at radius 3 is 2.67 bits per heavy atom. The van der Waals surface area contributed by atoms with Crippen LogP contribution in [0.4, 0.5) is 0 Å². The van der Waals surface area contributed by atoms with Gasteiger partial charge in [0.2, 0.25) is 0 Å². The van der Waals surface area contributed by atoms with Crippen molar-refractivity contribution in [1.29, 1.82) is 0 Å². The summed E-state index contributed by atoms with van der Waals surface area (Å²) in [6, 6.07) is 10.2. The van der Waals surface area contributed by atoms with Crippen molar-refractivity contribution in [2.24, 2.45) is 5.73 Å². The third-order valence-electron chi connectivity index (χ3n) is 2.51. The molecular formula is C13H14N2. The molecule has 0 aliphatic rings. The second kappa shape index (κ2) is 3.65. The maximum atomic E-state index is 5.73. The quantitative estimate of drug-likeness (QED) is 0.765. The van der Waals surface area contributed by atoms with Gasteiger partial charge in [0.25, 0.3) is 0 Å². The number of benzene rings is 1. The zero-order valence-corrected chi connectivity index (χ0v) is 8.75. The van der Waals surface area contributed by atoms with Crippen LogP contribution in [-0.2, 0) is 0 Å². The Balaban J connectivity index is 2.59. The van der Waals surface area contributed by atoms with E-state index in [-0.39, 0.29) is 0 Å². The van der Waals surface area contributed by atoms with E-state index in [1.54, 1.807) is 0 Å². The van der Waals surface area contributed by atoms with Crippen LogP contribution in [0.2, 0.25) is 0 Å². The summed E-state index contributed by atoms with van der Waals surface area (Å²) in [5.41, 5.74) is 10.7. The van der Waals surface area contributed by atoms with Crippen LogP contribution in [0.1, 0.15) is 11.1 Å². The molecule has 2 rings (SSSR count). The normalized spacial score (nSPS) is 10.2. The minimum atomic E-state index is 0.592. The SMILES string of the molecule is C=C(N)c1cc[nH]c1-c1ccccc1C. The Bertz CT molecular complexity index is 495. The van der Waals surface area contributed by atoms with Crippen molar-refractivity contribution >= 4 is 5.70 Å². The van der Waals surface area contributed by atoms with Crippen LogP contribution in [0.15, 0.2) is 43.1 Å². The highest BCUT2D eigenvalue weighted by atomic mass is 14.7. The van der Waals surface area contributed by atoms with Gasteiger partial charge < -0.3 is 10.7 Å². The standard InChI is InChI=1S/C13H14N2/c1-9-5-3-4-6-11(9)13-12(10(2)14)7-8-15-13/h3-8,15H,2,14H2,1H3. The number of aromatic amines is 1. The van der Waals surface area contributed by atoms with E-state index in [0.29, 0.717) is 5.70 Å². The number of aryl methyl sites for hydroxylation is 1. The molecule has 2 nitrogen and oxygen atoms in total. The van der Waals surface area contributed by atoms with E-state index in [0.717, 1.165) is 11.3 Å². The van der Waals surface area contributed by atoms with Crippen LogP contribution in [-0.4, -0.2) is 4.98 Å². The number of rotatable bonds is 2. The lowest BCUT2D eigenvalue weighted by Gasteiger charge is -2.06. The van der Waals surface area contributed by atoms with E-state index in [1.165, 1.54) is 11.1 Å². The lowest BCUT2D eigenvalue weighted by molar-refractivity contribution is 1.36. The molecule has 0 radical (unpaired) electrons. The fourth-order valence-corrected chi connectivity index (χ4v) is 1.71. The average molecular weight is 198 g/mol. The maximum Gasteiger partial charge on any atom is 0.0550 e. The molecule has 0 aliphatic heterocycles. The van der Waals surface area contributed by atoms with Gasteiger partial charge in [-0.15, -0.1) is 0 Å². The van der Waals surface area contributed by atoms with Gasteiger partial charge in [0.15, 0.2) is 0 Å². The molecule has 0 unspecified atom stereocenters. The molecule has 0 saturated heterocycles. The van der Waals surface area contributed by atoms with Crippen molar-refractivity contribution in [1.82, 2.24) is 4.98 Å². The first-order valence-electron chi connectivity index (χ1n) is 4.88. The molecular weight excluding hydrogens is 184 g/mol. The topological polar surface area (TPSA) is 41.8 Å². The van der Waals surface area contributed by atoms with E-state index in [1.807, 2.05) is 24.4 Å². The zero-order chi connectivity index (χ0) is 10.8. The highest BCUT2D eigenvalue weighted by molar-refractivity contribution is 5.78. The van der Waals surface area contributed by atoms with Crippen LogP contribution in [0.25, 0.3) is 17.0 Å². The molecule has 0 atom stereocenters. The number of hydrogen-bond acceptors (Lipinski definition) is 1. The van der Waals surface area contributed by atoms with E-state index in [4.69, 9.17) is 5.73 Å². The summed E-state index contributed by atoms with van der Waals surface area (Å²) >= 11 is 0. The molecule has 3 N–H and O–H groups in total. The van der Waals surface area contributed by atoms with Gasteiger partial charge in [-0.25, -0.2) is 0 Å². The highest BCUT2D eigenvalue weighted by Crippen LogP contribution is 2.27. The van der Waals surface area contributed by atoms with Crippen molar-refractivity contribution in [2.75, 3.05) is 0 Å². The number of nitrogens with one attached hydrogen (secondary N) is 1. The molecule has 0 saturated carbocycles. The molecule has 76 valence electrons. The second-order valence-electron chi connectivity index (χ2n) is 3.61. The molecule has 0 aliphatic carbocycles. The van der Waals surface area contributed by atoms with Gasteiger partial charge in [-0.2, -0.15) is 0 Å². The zero-order valence-electron chi connectivity index (χ0n) is 8.75. The van der Waals surface area contributed by atoms with Gasteiger partial charge >= 0.3 is 0 Å². The van der Waals surface area contributed by atoms with Crippen molar-refractivity contribution < 1.29 is 0 Å². The van der Waals surface area contributed by atoms with E-state index < -0.39 is 0 Å². The van der Waals surface area contributed by atoms with Gasteiger partial charge in [0.05, 0.1) is 5.69 Å². The number of H-pyrrole nitrogens is 1. The lowest BCUT2D eigenvalue weighted by atomic mass is 10.0. The van der Waals surface area contributed by atoms with Gasteiger partial charge in [-0.05, 0) is 18.6 Å². The number of hydrogen-bond donors (Lipinski definition) is 2. The Kier molecular flexibility index (Phi) is 2.34. The highest BCUT2D eigenvalue weighted by Gasteiger charge is 2.08. The summed E-state index contributed by atoms with van der Waals surface area (Å²) in [4.78, 5) is 3.20. The smallest absolute Gasteiger partial charge is 0.0550 e. The third-order valence-corrected chi connectivity index (χ3v) is 2.51. The molecule has 1 aromatic carbocycles. The summed E-state index contributed by atoms with van der Waals surface area (Å²) in [7, 11) is 0. The first kappa shape index (κ1) is 9.59. The Morgan fingerprint density at radius 1 is 1.27 bits per heavy atom. The van der Waals surface area contributed by atoms with Crippen molar-refractivity contribution in [3.05, 3.63) is 54.2 Å². The third kappa shape index (κ3) is 1.66. The minimum absolute atomic E-state index is 0.592. The summed E-state index contributed by atoms with van der Waals surface area (Å²) < 4.78 is 0. The van der Waals surface area contributed by atoms with Crippen LogP contribution < -0.4 is 5.73 Å². The fourth-order valence-electron chi connectivity index (χ4n) is 1.71. The predicted molar refractivity (Wildman–Crippen MR) is 64.2 cm³/mol. The molecule has 0 fully saturated rings. The molecule has 0 amide bonds. The minimum Gasteiger partial charge on any atom is -0.399 e. The Hall–Kier alpha value is -1.96.